The number of Topliss-reactive ketones (excluding diaryl/α,β-unsaturated/α-hetero) is 1. The number of ketones is 1. The fraction of sp³-hybridized carbons (Fsp3) is 0.259. The topological polar surface area (TPSA) is 62.6 Å². The minimum absolute atomic E-state index is 0.0494. The van der Waals surface area contributed by atoms with E-state index in [2.05, 4.69) is 17.4 Å². The molecule has 162 valence electrons. The molecule has 0 saturated carbocycles. The van der Waals surface area contributed by atoms with Gasteiger partial charge in [-0.1, -0.05) is 49.4 Å². The number of benzene rings is 2. The number of hydrogen-bond donors (Lipinski definition) is 1. The van der Waals surface area contributed by atoms with E-state index in [1.165, 1.54) is 0 Å². The Kier molecular flexibility index (Phi) is 5.17. The highest BCUT2D eigenvalue weighted by Crippen LogP contribution is 2.47. The largest absolute Gasteiger partial charge is 0.464 e. The van der Waals surface area contributed by atoms with Crippen LogP contribution in [0.3, 0.4) is 0 Å². The minimum atomic E-state index is -0.591. The van der Waals surface area contributed by atoms with Gasteiger partial charge in [-0.05, 0) is 49.1 Å². The van der Waals surface area contributed by atoms with Crippen LogP contribution in [0.4, 0.5) is 11.4 Å². The van der Waals surface area contributed by atoms with Crippen LogP contribution in [-0.4, -0.2) is 11.7 Å². The Morgan fingerprint density at radius 3 is 2.50 bits per heavy atom. The number of para-hydroxylation sites is 2. The summed E-state index contributed by atoms with van der Waals surface area (Å²) in [4.78, 5) is 28.7. The number of nitrogens with one attached hydrogen (secondary N) is 1. The van der Waals surface area contributed by atoms with Crippen LogP contribution in [0.1, 0.15) is 55.2 Å². The molecule has 2 aliphatic rings. The van der Waals surface area contributed by atoms with Gasteiger partial charge in [-0.15, -0.1) is 0 Å². The Balaban J connectivity index is 1.71. The Morgan fingerprint density at radius 1 is 1.03 bits per heavy atom. The first-order valence-corrected chi connectivity index (χ1v) is 11.1. The first-order valence-electron chi connectivity index (χ1n) is 11.1. The highest BCUT2D eigenvalue weighted by molar-refractivity contribution is 6.06. The van der Waals surface area contributed by atoms with Gasteiger partial charge < -0.3 is 9.73 Å². The highest BCUT2D eigenvalue weighted by atomic mass is 16.3. The van der Waals surface area contributed by atoms with Crippen LogP contribution in [0.5, 0.6) is 0 Å². The Hall–Kier alpha value is -3.60. The Labute approximate surface area is 187 Å². The SMILES string of the molecule is CCC(=O)N1c2ccccc2NC2=C(C(=O)C[C@H](c3ccccc3)C2)[C@H]1c1ccc(C)o1. The van der Waals surface area contributed by atoms with Crippen molar-refractivity contribution in [3.63, 3.8) is 0 Å². The highest BCUT2D eigenvalue weighted by Gasteiger charge is 2.42. The maximum Gasteiger partial charge on any atom is 0.227 e. The molecule has 3 aromatic rings. The summed E-state index contributed by atoms with van der Waals surface area (Å²) in [5.74, 6) is 1.46. The van der Waals surface area contributed by atoms with Gasteiger partial charge in [0.05, 0.1) is 11.4 Å². The summed E-state index contributed by atoms with van der Waals surface area (Å²) in [6.07, 6.45) is 1.43. The number of nitrogens with zero attached hydrogens (tertiary/aromatic N) is 1. The average molecular weight is 427 g/mol. The average Bonchev–Trinajstić information content (AvgIpc) is 3.17. The van der Waals surface area contributed by atoms with Crippen molar-refractivity contribution in [1.82, 2.24) is 0 Å². The first kappa shape index (κ1) is 20.3. The van der Waals surface area contributed by atoms with Crippen LogP contribution in [0.25, 0.3) is 0 Å². The number of carbonyl (C=O) groups is 2. The van der Waals surface area contributed by atoms with Crippen molar-refractivity contribution in [1.29, 1.82) is 0 Å². The summed E-state index contributed by atoms with van der Waals surface area (Å²) < 4.78 is 6.02. The van der Waals surface area contributed by atoms with Gasteiger partial charge in [0.1, 0.15) is 17.6 Å². The number of amides is 1. The van der Waals surface area contributed by atoms with Gasteiger partial charge >= 0.3 is 0 Å². The molecule has 0 fully saturated rings. The molecule has 5 heteroatoms. The van der Waals surface area contributed by atoms with Crippen LogP contribution < -0.4 is 10.2 Å². The lowest BCUT2D eigenvalue weighted by Gasteiger charge is -2.33. The zero-order chi connectivity index (χ0) is 22.2. The van der Waals surface area contributed by atoms with E-state index in [9.17, 15) is 9.59 Å². The van der Waals surface area contributed by atoms with Crippen molar-refractivity contribution in [2.75, 3.05) is 10.2 Å². The van der Waals surface area contributed by atoms with E-state index in [0.29, 0.717) is 30.6 Å². The van der Waals surface area contributed by atoms with Crippen LogP contribution in [0.2, 0.25) is 0 Å². The molecular weight excluding hydrogens is 400 g/mol. The van der Waals surface area contributed by atoms with E-state index in [-0.39, 0.29) is 17.6 Å². The molecule has 1 amide bonds. The summed E-state index contributed by atoms with van der Waals surface area (Å²) >= 11 is 0. The number of furan rings is 1. The lowest BCUT2D eigenvalue weighted by atomic mass is 9.79. The van der Waals surface area contributed by atoms with Crippen LogP contribution >= 0.6 is 0 Å². The Bertz CT molecular complexity index is 1210. The first-order chi connectivity index (χ1) is 15.6. The second kappa shape index (κ2) is 8.15. The quantitative estimate of drug-likeness (QED) is 0.566. The maximum absolute atomic E-state index is 13.7. The molecule has 0 spiro atoms. The molecule has 1 aliphatic heterocycles. The number of hydrogen-bond acceptors (Lipinski definition) is 4. The molecule has 5 nitrogen and oxygen atoms in total. The molecule has 1 aliphatic carbocycles. The molecule has 0 radical (unpaired) electrons. The predicted molar refractivity (Wildman–Crippen MR) is 124 cm³/mol. The van der Waals surface area contributed by atoms with Crippen molar-refractivity contribution >= 4 is 23.1 Å². The number of carbonyl (C=O) groups excluding carboxylic acids is 2. The molecule has 0 unspecified atom stereocenters. The van der Waals surface area contributed by atoms with Crippen molar-refractivity contribution in [2.24, 2.45) is 0 Å². The number of aryl methyl sites for hydroxylation is 1. The van der Waals surface area contributed by atoms with E-state index in [1.54, 1.807) is 4.90 Å². The fourth-order valence-corrected chi connectivity index (χ4v) is 4.87. The number of allylic oxidation sites excluding steroid dienone is 1. The molecular formula is C27H26N2O3. The zero-order valence-electron chi connectivity index (χ0n) is 18.3. The third-order valence-electron chi connectivity index (χ3n) is 6.36. The van der Waals surface area contributed by atoms with Gasteiger partial charge in [-0.2, -0.15) is 0 Å². The molecule has 1 N–H and O–H groups in total. The van der Waals surface area contributed by atoms with E-state index in [0.717, 1.165) is 28.4 Å². The van der Waals surface area contributed by atoms with Gasteiger partial charge in [0.15, 0.2) is 5.78 Å². The molecule has 0 saturated heterocycles. The van der Waals surface area contributed by atoms with Crippen molar-refractivity contribution in [3.8, 4) is 0 Å². The lowest BCUT2D eigenvalue weighted by molar-refractivity contribution is -0.119. The fourth-order valence-electron chi connectivity index (χ4n) is 4.87. The van der Waals surface area contributed by atoms with Crippen LogP contribution in [0, 0.1) is 6.92 Å². The van der Waals surface area contributed by atoms with Crippen molar-refractivity contribution in [2.45, 2.75) is 45.1 Å². The molecule has 2 heterocycles. The van der Waals surface area contributed by atoms with Crippen LogP contribution in [0.15, 0.2) is 82.4 Å². The number of anilines is 2. The van der Waals surface area contributed by atoms with Crippen molar-refractivity contribution < 1.29 is 14.0 Å². The van der Waals surface area contributed by atoms with Crippen LogP contribution in [-0.2, 0) is 9.59 Å². The predicted octanol–water partition coefficient (Wildman–Crippen LogP) is 5.90. The summed E-state index contributed by atoms with van der Waals surface area (Å²) in [7, 11) is 0. The molecule has 5 rings (SSSR count). The summed E-state index contributed by atoms with van der Waals surface area (Å²) in [6.45, 7) is 3.72. The summed E-state index contributed by atoms with van der Waals surface area (Å²) in [5.41, 5.74) is 4.24. The van der Waals surface area contributed by atoms with E-state index < -0.39 is 6.04 Å². The van der Waals surface area contributed by atoms with E-state index in [1.807, 2.05) is 68.4 Å². The second-order valence-electron chi connectivity index (χ2n) is 8.44. The smallest absolute Gasteiger partial charge is 0.227 e. The second-order valence-corrected chi connectivity index (χ2v) is 8.44. The monoisotopic (exact) mass is 426 g/mol. The van der Waals surface area contributed by atoms with E-state index >= 15 is 0 Å². The third-order valence-corrected chi connectivity index (χ3v) is 6.36. The third kappa shape index (κ3) is 3.44. The number of rotatable bonds is 3. The Morgan fingerprint density at radius 2 is 1.78 bits per heavy atom. The van der Waals surface area contributed by atoms with Crippen molar-refractivity contribution in [3.05, 3.63) is 95.1 Å². The molecule has 2 atom stereocenters. The standard InChI is InChI=1S/C27H26N2O3/c1-3-25(31)29-22-12-8-7-11-20(22)28-21-15-19(18-9-5-4-6-10-18)16-23(30)26(21)27(29)24-14-13-17(2)32-24/h4-14,19,27-28H,3,15-16H2,1-2H3/t19-,27-/m1/s1. The van der Waals surface area contributed by atoms with Gasteiger partial charge in [0.25, 0.3) is 0 Å². The molecule has 0 bridgehead atoms. The summed E-state index contributed by atoms with van der Waals surface area (Å²) in [6, 6.07) is 21.1. The minimum Gasteiger partial charge on any atom is -0.464 e. The maximum atomic E-state index is 13.7. The lowest BCUT2D eigenvalue weighted by Crippen LogP contribution is -2.38. The molecule has 1 aromatic heterocycles. The molecule has 32 heavy (non-hydrogen) atoms. The van der Waals surface area contributed by atoms with Gasteiger partial charge in [0.2, 0.25) is 5.91 Å². The normalized spacial score (nSPS) is 20.3. The van der Waals surface area contributed by atoms with Gasteiger partial charge in [0, 0.05) is 24.1 Å². The number of fused-ring (bicyclic) bond motifs is 1. The zero-order valence-corrected chi connectivity index (χ0v) is 18.3. The van der Waals surface area contributed by atoms with E-state index in [4.69, 9.17) is 4.42 Å². The molecule has 2 aromatic carbocycles. The summed E-state index contributed by atoms with van der Waals surface area (Å²) in [5, 5.41) is 3.53. The van der Waals surface area contributed by atoms with Gasteiger partial charge in [-0.25, -0.2) is 0 Å². The van der Waals surface area contributed by atoms with Gasteiger partial charge in [-0.3, -0.25) is 14.5 Å².